The summed E-state index contributed by atoms with van der Waals surface area (Å²) in [6.45, 7) is 1.87. The van der Waals surface area contributed by atoms with Crippen LogP contribution in [-0.2, 0) is 5.75 Å². The van der Waals surface area contributed by atoms with Crippen molar-refractivity contribution in [3.05, 3.63) is 59.5 Å². The number of nitrogen functional groups attached to an aromatic ring is 1. The fraction of sp³-hybridized carbons (Fsp3) is 0.118. The van der Waals surface area contributed by atoms with E-state index in [-0.39, 0.29) is 0 Å². The summed E-state index contributed by atoms with van der Waals surface area (Å²) >= 11 is 3.06. The average molecular weight is 384 g/mol. The summed E-state index contributed by atoms with van der Waals surface area (Å²) in [7, 11) is 0. The third-order valence-corrected chi connectivity index (χ3v) is 5.47. The summed E-state index contributed by atoms with van der Waals surface area (Å²) in [6, 6.07) is 11.8. The highest BCUT2D eigenvalue weighted by atomic mass is 32.2. The topological polar surface area (TPSA) is 94.8 Å². The first-order valence-electron chi connectivity index (χ1n) is 7.85. The van der Waals surface area contributed by atoms with Crippen LogP contribution in [0.15, 0.2) is 57.6 Å². The molecular formula is C17H16N6OS2. The summed E-state index contributed by atoms with van der Waals surface area (Å²) in [6.07, 6.45) is 1.61. The maximum atomic E-state index is 6.13. The van der Waals surface area contributed by atoms with Crippen molar-refractivity contribution in [3.8, 4) is 11.4 Å². The smallest absolute Gasteiger partial charge is 0.210 e. The molecule has 3 N–H and O–H groups in total. The molecule has 7 nitrogen and oxygen atoms in total. The average Bonchev–Trinajstić information content (AvgIpc) is 3.35. The molecular weight excluding hydrogens is 368 g/mol. The van der Waals surface area contributed by atoms with Crippen LogP contribution in [0.2, 0.25) is 0 Å². The Morgan fingerprint density at radius 2 is 2.08 bits per heavy atom. The third kappa shape index (κ3) is 3.44. The Morgan fingerprint density at radius 3 is 2.85 bits per heavy atom. The number of benzene rings is 1. The quantitative estimate of drug-likeness (QED) is 0.382. The SMILES string of the molecule is Cc1occc1-c1nnc(SCc2csc(Nc3ccccc3)n2)n1N. The Hall–Kier alpha value is -2.78. The van der Waals surface area contributed by atoms with Crippen LogP contribution < -0.4 is 11.2 Å². The van der Waals surface area contributed by atoms with E-state index in [1.807, 2.05) is 48.7 Å². The molecule has 0 saturated heterocycles. The van der Waals surface area contributed by atoms with Gasteiger partial charge in [-0.1, -0.05) is 30.0 Å². The molecule has 3 aromatic heterocycles. The Kier molecular flexibility index (Phi) is 4.63. The molecule has 9 heteroatoms. The lowest BCUT2D eigenvalue weighted by atomic mass is 10.2. The third-order valence-electron chi connectivity index (χ3n) is 3.69. The second kappa shape index (κ2) is 7.22. The van der Waals surface area contributed by atoms with E-state index < -0.39 is 0 Å². The summed E-state index contributed by atoms with van der Waals surface area (Å²) < 4.78 is 6.79. The number of aromatic nitrogens is 4. The predicted octanol–water partition coefficient (Wildman–Crippen LogP) is 4.05. The monoisotopic (exact) mass is 384 g/mol. The first kappa shape index (κ1) is 16.7. The fourth-order valence-electron chi connectivity index (χ4n) is 2.39. The highest BCUT2D eigenvalue weighted by Gasteiger charge is 2.16. The minimum atomic E-state index is 0.587. The van der Waals surface area contributed by atoms with Crippen molar-refractivity contribution in [1.82, 2.24) is 19.9 Å². The molecule has 0 saturated carbocycles. The van der Waals surface area contributed by atoms with Gasteiger partial charge in [-0.2, -0.15) is 0 Å². The summed E-state index contributed by atoms with van der Waals surface area (Å²) in [5, 5.41) is 15.1. The van der Waals surface area contributed by atoms with Gasteiger partial charge in [-0.05, 0) is 25.1 Å². The minimum absolute atomic E-state index is 0.587. The minimum Gasteiger partial charge on any atom is -0.469 e. The van der Waals surface area contributed by atoms with Gasteiger partial charge < -0.3 is 15.6 Å². The molecule has 4 rings (SSSR count). The molecule has 132 valence electrons. The van der Waals surface area contributed by atoms with Gasteiger partial charge in [0.15, 0.2) is 11.0 Å². The van der Waals surface area contributed by atoms with Crippen LogP contribution in [0.25, 0.3) is 11.4 Å². The number of nitrogens with zero attached hydrogens (tertiary/aromatic N) is 4. The van der Waals surface area contributed by atoms with E-state index in [9.17, 15) is 0 Å². The normalized spacial score (nSPS) is 11.0. The number of hydrogen-bond donors (Lipinski definition) is 2. The number of hydrogen-bond acceptors (Lipinski definition) is 8. The zero-order chi connectivity index (χ0) is 17.9. The van der Waals surface area contributed by atoms with E-state index in [4.69, 9.17) is 10.3 Å². The first-order valence-corrected chi connectivity index (χ1v) is 9.71. The van der Waals surface area contributed by atoms with Gasteiger partial charge in [0, 0.05) is 16.8 Å². The van der Waals surface area contributed by atoms with Crippen molar-refractivity contribution >= 4 is 33.9 Å². The van der Waals surface area contributed by atoms with Gasteiger partial charge in [-0.15, -0.1) is 21.5 Å². The van der Waals surface area contributed by atoms with E-state index >= 15 is 0 Å². The molecule has 0 spiro atoms. The summed E-state index contributed by atoms with van der Waals surface area (Å²) in [5.41, 5.74) is 2.82. The van der Waals surface area contributed by atoms with Gasteiger partial charge in [0.05, 0.1) is 17.5 Å². The Bertz CT molecular complexity index is 1010. The number of nitrogens with two attached hydrogens (primary N) is 1. The zero-order valence-electron chi connectivity index (χ0n) is 13.9. The maximum Gasteiger partial charge on any atom is 0.210 e. The molecule has 0 fully saturated rings. The van der Waals surface area contributed by atoms with Crippen LogP contribution in [-0.4, -0.2) is 19.9 Å². The van der Waals surface area contributed by atoms with E-state index in [2.05, 4.69) is 20.5 Å². The maximum absolute atomic E-state index is 6.13. The summed E-state index contributed by atoms with van der Waals surface area (Å²) in [4.78, 5) is 4.59. The van der Waals surface area contributed by atoms with Crippen LogP contribution >= 0.6 is 23.1 Å². The predicted molar refractivity (Wildman–Crippen MR) is 104 cm³/mol. The largest absolute Gasteiger partial charge is 0.469 e. The molecule has 1 aromatic carbocycles. The second-order valence-corrected chi connectivity index (χ2v) is 7.29. The van der Waals surface area contributed by atoms with E-state index in [0.717, 1.165) is 27.8 Å². The van der Waals surface area contributed by atoms with Crippen molar-refractivity contribution in [2.24, 2.45) is 0 Å². The molecule has 0 bridgehead atoms. The molecule has 4 aromatic rings. The molecule has 0 aliphatic heterocycles. The number of para-hydroxylation sites is 1. The van der Waals surface area contributed by atoms with Gasteiger partial charge in [0.2, 0.25) is 5.16 Å². The molecule has 0 aliphatic rings. The number of furan rings is 1. The van der Waals surface area contributed by atoms with E-state index in [1.54, 1.807) is 17.6 Å². The lowest BCUT2D eigenvalue weighted by Crippen LogP contribution is -2.11. The van der Waals surface area contributed by atoms with Crippen LogP contribution in [0.3, 0.4) is 0 Å². The Labute approximate surface area is 158 Å². The van der Waals surface area contributed by atoms with Crippen molar-refractivity contribution in [2.45, 2.75) is 17.8 Å². The van der Waals surface area contributed by atoms with Crippen LogP contribution in [0.1, 0.15) is 11.5 Å². The standard InChI is InChI=1S/C17H16N6OS2/c1-11-14(7-8-24-11)15-21-22-17(23(15)18)26-10-13-9-25-16(20-13)19-12-5-3-2-4-6-12/h2-9H,10,18H2,1H3,(H,19,20). The number of thioether (sulfide) groups is 1. The second-order valence-electron chi connectivity index (χ2n) is 5.49. The Balaban J connectivity index is 1.42. The van der Waals surface area contributed by atoms with Crippen molar-refractivity contribution in [3.63, 3.8) is 0 Å². The van der Waals surface area contributed by atoms with Gasteiger partial charge in [-0.3, -0.25) is 0 Å². The number of nitrogens with one attached hydrogen (secondary N) is 1. The van der Waals surface area contributed by atoms with Gasteiger partial charge in [-0.25, -0.2) is 9.66 Å². The van der Waals surface area contributed by atoms with Crippen LogP contribution in [0.5, 0.6) is 0 Å². The Morgan fingerprint density at radius 1 is 1.23 bits per heavy atom. The van der Waals surface area contributed by atoms with Crippen molar-refractivity contribution in [2.75, 3.05) is 11.2 Å². The zero-order valence-corrected chi connectivity index (χ0v) is 15.5. The highest BCUT2D eigenvalue weighted by Crippen LogP contribution is 2.28. The number of thiazole rings is 1. The van der Waals surface area contributed by atoms with Crippen molar-refractivity contribution < 1.29 is 4.42 Å². The van der Waals surface area contributed by atoms with Crippen LogP contribution in [0, 0.1) is 6.92 Å². The van der Waals surface area contributed by atoms with E-state index in [1.165, 1.54) is 16.4 Å². The number of anilines is 2. The molecule has 0 radical (unpaired) electrons. The first-order chi connectivity index (χ1) is 12.7. The number of rotatable bonds is 6. The molecule has 0 amide bonds. The molecule has 0 atom stereocenters. The van der Waals surface area contributed by atoms with Crippen LogP contribution in [0.4, 0.5) is 10.8 Å². The van der Waals surface area contributed by atoms with E-state index in [0.29, 0.717) is 16.7 Å². The number of aryl methyl sites for hydroxylation is 1. The molecule has 3 heterocycles. The summed E-state index contributed by atoms with van der Waals surface area (Å²) in [5.74, 6) is 8.14. The lowest BCUT2D eigenvalue weighted by Gasteiger charge is -2.02. The van der Waals surface area contributed by atoms with Gasteiger partial charge in [0.25, 0.3) is 0 Å². The lowest BCUT2D eigenvalue weighted by molar-refractivity contribution is 0.535. The van der Waals surface area contributed by atoms with Gasteiger partial charge >= 0.3 is 0 Å². The molecule has 0 unspecified atom stereocenters. The molecule has 26 heavy (non-hydrogen) atoms. The molecule has 0 aliphatic carbocycles. The fourth-order valence-corrected chi connectivity index (χ4v) is 3.98. The van der Waals surface area contributed by atoms with Gasteiger partial charge in [0.1, 0.15) is 5.76 Å². The highest BCUT2D eigenvalue weighted by molar-refractivity contribution is 7.98. The van der Waals surface area contributed by atoms with Crippen molar-refractivity contribution in [1.29, 1.82) is 0 Å².